The van der Waals surface area contributed by atoms with Crippen LogP contribution in [-0.4, -0.2) is 30.2 Å². The summed E-state index contributed by atoms with van der Waals surface area (Å²) in [5, 5.41) is 9.13. The molecule has 0 aliphatic heterocycles. The zero-order valence-electron chi connectivity index (χ0n) is 13.1. The first kappa shape index (κ1) is 16.2. The molecule has 0 saturated carbocycles. The molecule has 0 radical (unpaired) electrons. The van der Waals surface area contributed by atoms with Crippen LogP contribution in [0.15, 0.2) is 48.5 Å². The first-order valence-corrected chi connectivity index (χ1v) is 7.91. The van der Waals surface area contributed by atoms with Crippen LogP contribution >= 0.6 is 0 Å². The molecule has 0 saturated heterocycles. The molecule has 2 aromatic rings. The molecule has 1 atom stereocenters. The molecule has 0 aromatic heterocycles. The largest absolute Gasteiger partial charge is 0.481 e. The molecular weight excluding hydrogens is 306 g/mol. The van der Waals surface area contributed by atoms with Gasteiger partial charge in [-0.05, 0) is 35.2 Å². The van der Waals surface area contributed by atoms with Gasteiger partial charge in [0.25, 0.3) is 0 Å². The molecule has 0 fully saturated rings. The van der Waals surface area contributed by atoms with Gasteiger partial charge in [-0.3, -0.25) is 9.59 Å². The molecule has 0 spiro atoms. The molecule has 0 heterocycles. The van der Waals surface area contributed by atoms with Crippen molar-refractivity contribution in [2.75, 3.05) is 13.2 Å². The molecule has 5 nitrogen and oxygen atoms in total. The number of carbonyl (C=O) groups excluding carboxylic acids is 1. The summed E-state index contributed by atoms with van der Waals surface area (Å²) in [6.07, 6.45) is 0.0754. The van der Waals surface area contributed by atoms with Crippen molar-refractivity contribution in [2.45, 2.75) is 12.3 Å². The Bertz CT molecular complexity index is 726. The maximum atomic E-state index is 12.1. The van der Waals surface area contributed by atoms with E-state index < -0.39 is 17.9 Å². The minimum atomic E-state index is -1.21. The number of carboxylic acid groups (broad SMARTS) is 1. The molecule has 0 bridgehead atoms. The Balaban J connectivity index is 1.81. The second-order valence-electron chi connectivity index (χ2n) is 5.83. The number of aliphatic carboxylic acids is 1. The number of hydrogen-bond acceptors (Lipinski definition) is 4. The van der Waals surface area contributed by atoms with E-state index in [1.807, 2.05) is 48.5 Å². The van der Waals surface area contributed by atoms with E-state index >= 15 is 0 Å². The normalized spacial score (nSPS) is 13.9. The van der Waals surface area contributed by atoms with Gasteiger partial charge in [0, 0.05) is 5.92 Å². The van der Waals surface area contributed by atoms with Crippen molar-refractivity contribution < 1.29 is 19.4 Å². The summed E-state index contributed by atoms with van der Waals surface area (Å²) in [6, 6.07) is 16.0. The highest BCUT2D eigenvalue weighted by Gasteiger charge is 2.32. The van der Waals surface area contributed by atoms with Gasteiger partial charge in [0.1, 0.15) is 6.61 Å². The van der Waals surface area contributed by atoms with Crippen molar-refractivity contribution in [2.24, 2.45) is 11.7 Å². The van der Waals surface area contributed by atoms with Crippen LogP contribution in [0.25, 0.3) is 11.1 Å². The third-order valence-electron chi connectivity index (χ3n) is 4.39. The maximum Gasteiger partial charge on any atom is 0.320 e. The van der Waals surface area contributed by atoms with E-state index in [2.05, 4.69) is 0 Å². The number of hydrogen-bond donors (Lipinski definition) is 2. The van der Waals surface area contributed by atoms with Crippen LogP contribution in [0.1, 0.15) is 23.5 Å². The highest BCUT2D eigenvalue weighted by molar-refractivity contribution is 5.94. The molecule has 1 aliphatic carbocycles. The van der Waals surface area contributed by atoms with Gasteiger partial charge in [0.05, 0.1) is 0 Å². The Morgan fingerprint density at radius 2 is 1.58 bits per heavy atom. The first-order valence-electron chi connectivity index (χ1n) is 7.91. The average molecular weight is 325 g/mol. The van der Waals surface area contributed by atoms with Gasteiger partial charge in [-0.15, -0.1) is 0 Å². The molecule has 0 amide bonds. The van der Waals surface area contributed by atoms with Crippen molar-refractivity contribution in [3.8, 4) is 11.1 Å². The number of benzene rings is 2. The summed E-state index contributed by atoms with van der Waals surface area (Å²) in [5.74, 6) is -3.21. The lowest BCUT2D eigenvalue weighted by molar-refractivity contribution is -0.159. The molecule has 3 N–H and O–H groups in total. The molecule has 3 rings (SSSR count). The van der Waals surface area contributed by atoms with E-state index in [1.165, 1.54) is 0 Å². The highest BCUT2D eigenvalue weighted by Crippen LogP contribution is 2.44. The van der Waals surface area contributed by atoms with Crippen LogP contribution in [0.3, 0.4) is 0 Å². The van der Waals surface area contributed by atoms with E-state index in [1.54, 1.807) is 0 Å². The molecule has 5 heteroatoms. The van der Waals surface area contributed by atoms with Crippen molar-refractivity contribution in [3.05, 3.63) is 59.7 Å². The van der Waals surface area contributed by atoms with Crippen LogP contribution in [0.4, 0.5) is 0 Å². The third kappa shape index (κ3) is 2.90. The summed E-state index contributed by atoms with van der Waals surface area (Å²) in [6.45, 7) is 0.252. The lowest BCUT2D eigenvalue weighted by Crippen LogP contribution is -2.29. The van der Waals surface area contributed by atoms with Crippen LogP contribution in [0.2, 0.25) is 0 Å². The second-order valence-corrected chi connectivity index (χ2v) is 5.83. The number of nitrogens with two attached hydrogens (primary N) is 1. The Labute approximate surface area is 140 Å². The average Bonchev–Trinajstić information content (AvgIpc) is 2.91. The van der Waals surface area contributed by atoms with E-state index in [0.717, 1.165) is 22.3 Å². The van der Waals surface area contributed by atoms with Gasteiger partial charge >= 0.3 is 11.9 Å². The molecule has 1 unspecified atom stereocenters. The summed E-state index contributed by atoms with van der Waals surface area (Å²) in [7, 11) is 0. The minimum absolute atomic E-state index is 0.0753. The number of ether oxygens (including phenoxy) is 1. The fraction of sp³-hybridized carbons (Fsp3) is 0.263. The van der Waals surface area contributed by atoms with Crippen molar-refractivity contribution in [1.29, 1.82) is 0 Å². The summed E-state index contributed by atoms with van der Waals surface area (Å²) >= 11 is 0. The fourth-order valence-electron chi connectivity index (χ4n) is 3.21. The fourth-order valence-corrected chi connectivity index (χ4v) is 3.21. The molecule has 2 aromatic carbocycles. The Morgan fingerprint density at radius 3 is 2.08 bits per heavy atom. The minimum Gasteiger partial charge on any atom is -0.481 e. The van der Waals surface area contributed by atoms with Crippen molar-refractivity contribution >= 4 is 11.9 Å². The van der Waals surface area contributed by atoms with Crippen LogP contribution in [0, 0.1) is 5.92 Å². The van der Waals surface area contributed by atoms with E-state index in [9.17, 15) is 9.59 Å². The van der Waals surface area contributed by atoms with Crippen LogP contribution in [-0.2, 0) is 14.3 Å². The maximum absolute atomic E-state index is 12.1. The van der Waals surface area contributed by atoms with E-state index in [-0.39, 0.29) is 25.5 Å². The molecule has 124 valence electrons. The lowest BCUT2D eigenvalue weighted by atomic mass is 9.98. The van der Waals surface area contributed by atoms with Crippen molar-refractivity contribution in [1.82, 2.24) is 0 Å². The third-order valence-corrected chi connectivity index (χ3v) is 4.39. The van der Waals surface area contributed by atoms with E-state index in [0.29, 0.717) is 0 Å². The summed E-state index contributed by atoms with van der Waals surface area (Å²) in [4.78, 5) is 23.3. The van der Waals surface area contributed by atoms with Gasteiger partial charge in [-0.1, -0.05) is 48.5 Å². The first-order chi connectivity index (χ1) is 11.6. The second kappa shape index (κ2) is 6.84. The molecular formula is C19H19NO4. The summed E-state index contributed by atoms with van der Waals surface area (Å²) < 4.78 is 5.34. The topological polar surface area (TPSA) is 89.6 Å². The smallest absolute Gasteiger partial charge is 0.320 e. The quantitative estimate of drug-likeness (QED) is 0.629. The molecule has 1 aliphatic rings. The standard InChI is InChI=1S/C19H19NO4/c20-10-9-16(18(21)22)19(23)24-11-17-14-7-3-1-5-12(14)13-6-2-4-8-15(13)17/h1-8,16-17H,9-11,20H2,(H,21,22). The van der Waals surface area contributed by atoms with E-state index in [4.69, 9.17) is 15.6 Å². The predicted octanol–water partition coefficient (Wildman–Crippen LogP) is 2.39. The van der Waals surface area contributed by atoms with Crippen molar-refractivity contribution in [3.63, 3.8) is 0 Å². The highest BCUT2D eigenvalue weighted by atomic mass is 16.5. The van der Waals surface area contributed by atoms with Gasteiger partial charge in [-0.25, -0.2) is 0 Å². The van der Waals surface area contributed by atoms with Gasteiger partial charge in [0.15, 0.2) is 5.92 Å². The number of fused-ring (bicyclic) bond motifs is 3. The number of esters is 1. The Morgan fingerprint density at radius 1 is 1.04 bits per heavy atom. The van der Waals surface area contributed by atoms with Gasteiger partial charge in [-0.2, -0.15) is 0 Å². The number of carboxylic acids is 1. The lowest BCUT2D eigenvalue weighted by Gasteiger charge is -2.16. The Kier molecular flexibility index (Phi) is 4.62. The van der Waals surface area contributed by atoms with Crippen LogP contribution < -0.4 is 5.73 Å². The summed E-state index contributed by atoms with van der Waals surface area (Å²) in [5.41, 5.74) is 9.83. The van der Waals surface area contributed by atoms with Gasteiger partial charge < -0.3 is 15.6 Å². The van der Waals surface area contributed by atoms with Crippen LogP contribution in [0.5, 0.6) is 0 Å². The zero-order valence-corrected chi connectivity index (χ0v) is 13.1. The zero-order chi connectivity index (χ0) is 17.1. The Hall–Kier alpha value is -2.66. The SMILES string of the molecule is NCCC(C(=O)O)C(=O)OCC1c2ccccc2-c2ccccc21. The molecule has 24 heavy (non-hydrogen) atoms. The monoisotopic (exact) mass is 325 g/mol. The predicted molar refractivity (Wildman–Crippen MR) is 89.5 cm³/mol. The number of carbonyl (C=O) groups is 2. The number of rotatable bonds is 6. The van der Waals surface area contributed by atoms with Gasteiger partial charge in [0.2, 0.25) is 0 Å².